The molecule has 3 fully saturated rings. The second-order valence-electron chi connectivity index (χ2n) is 7.40. The summed E-state index contributed by atoms with van der Waals surface area (Å²) in [5.41, 5.74) is -0.667. The lowest BCUT2D eigenvalue weighted by molar-refractivity contribution is -0.149. The molecule has 3 rings (SSSR count). The van der Waals surface area contributed by atoms with Gasteiger partial charge in [-0.1, -0.05) is 19.8 Å². The number of carboxylic acids is 1. The van der Waals surface area contributed by atoms with E-state index in [0.29, 0.717) is 19.0 Å². The lowest BCUT2D eigenvalue weighted by Crippen LogP contribution is -2.42. The van der Waals surface area contributed by atoms with E-state index in [1.165, 1.54) is 19.3 Å². The number of hydrogen-bond donors (Lipinski definition) is 2. The maximum absolute atomic E-state index is 12.3. The molecule has 1 aliphatic heterocycles. The Morgan fingerprint density at radius 3 is 2.76 bits per heavy atom. The molecular weight excluding hydrogens is 268 g/mol. The molecule has 4 atom stereocenters. The van der Waals surface area contributed by atoms with Crippen molar-refractivity contribution >= 4 is 12.0 Å². The summed E-state index contributed by atoms with van der Waals surface area (Å²) in [5.74, 6) is 0.796. The van der Waals surface area contributed by atoms with Crippen LogP contribution in [0.5, 0.6) is 0 Å². The van der Waals surface area contributed by atoms with Crippen molar-refractivity contribution in [2.75, 3.05) is 19.6 Å². The Morgan fingerprint density at radius 1 is 1.33 bits per heavy atom. The van der Waals surface area contributed by atoms with Gasteiger partial charge in [-0.25, -0.2) is 4.79 Å². The molecule has 2 unspecified atom stereocenters. The van der Waals surface area contributed by atoms with Crippen molar-refractivity contribution in [1.29, 1.82) is 0 Å². The quantitative estimate of drug-likeness (QED) is 0.839. The van der Waals surface area contributed by atoms with Gasteiger partial charge in [-0.3, -0.25) is 4.79 Å². The minimum Gasteiger partial charge on any atom is -0.481 e. The lowest BCUT2D eigenvalue weighted by atomic mass is 9.81. The molecule has 2 N–H and O–H groups in total. The molecule has 1 saturated heterocycles. The average molecular weight is 294 g/mol. The maximum atomic E-state index is 12.3. The van der Waals surface area contributed by atoms with Crippen LogP contribution >= 0.6 is 0 Å². The van der Waals surface area contributed by atoms with Gasteiger partial charge in [-0.15, -0.1) is 0 Å². The van der Waals surface area contributed by atoms with Crippen LogP contribution in [0.15, 0.2) is 0 Å². The van der Waals surface area contributed by atoms with Gasteiger partial charge in [-0.2, -0.15) is 0 Å². The van der Waals surface area contributed by atoms with E-state index in [2.05, 4.69) is 12.2 Å². The first-order valence-corrected chi connectivity index (χ1v) is 8.27. The van der Waals surface area contributed by atoms with Crippen LogP contribution < -0.4 is 5.32 Å². The zero-order valence-corrected chi connectivity index (χ0v) is 12.8. The molecule has 118 valence electrons. The molecule has 5 heteroatoms. The summed E-state index contributed by atoms with van der Waals surface area (Å²) < 4.78 is 0. The summed E-state index contributed by atoms with van der Waals surface area (Å²) in [4.78, 5) is 25.7. The van der Waals surface area contributed by atoms with Crippen molar-refractivity contribution in [3.05, 3.63) is 0 Å². The number of rotatable bonds is 3. The van der Waals surface area contributed by atoms with Crippen molar-refractivity contribution in [2.45, 2.75) is 45.4 Å². The highest BCUT2D eigenvalue weighted by atomic mass is 16.4. The van der Waals surface area contributed by atoms with Crippen molar-refractivity contribution in [2.24, 2.45) is 23.2 Å². The Hall–Kier alpha value is -1.26. The first-order valence-electron chi connectivity index (χ1n) is 8.27. The van der Waals surface area contributed by atoms with Crippen LogP contribution in [-0.4, -0.2) is 41.6 Å². The summed E-state index contributed by atoms with van der Waals surface area (Å²) in [6, 6.07) is -0.0652. The molecule has 2 saturated carbocycles. The average Bonchev–Trinajstić information content (AvgIpc) is 3.09. The second-order valence-corrected chi connectivity index (χ2v) is 7.40. The van der Waals surface area contributed by atoms with Crippen LogP contribution in [0, 0.1) is 23.2 Å². The van der Waals surface area contributed by atoms with E-state index in [-0.39, 0.29) is 11.9 Å². The van der Waals surface area contributed by atoms with Gasteiger partial charge in [0.2, 0.25) is 0 Å². The molecule has 0 aromatic carbocycles. The van der Waals surface area contributed by atoms with Gasteiger partial charge in [0.15, 0.2) is 0 Å². The lowest BCUT2D eigenvalue weighted by Gasteiger charge is -2.23. The van der Waals surface area contributed by atoms with Gasteiger partial charge in [0.05, 0.1) is 5.41 Å². The maximum Gasteiger partial charge on any atom is 0.317 e. The molecule has 5 nitrogen and oxygen atoms in total. The SMILES string of the molecule is CC1CCC(CNC(=O)N2C[C@@H]3CCC[C@@]3(C(=O)O)C2)C1. The zero-order chi connectivity index (χ0) is 15.0. The highest BCUT2D eigenvalue weighted by Crippen LogP contribution is 2.48. The van der Waals surface area contributed by atoms with E-state index in [1.807, 2.05) is 0 Å². The number of amides is 2. The monoisotopic (exact) mass is 294 g/mol. The standard InChI is InChI=1S/C16H26N2O3/c1-11-4-5-12(7-11)8-17-15(21)18-9-13-3-2-6-16(13,10-18)14(19)20/h11-13H,2-10H2,1H3,(H,17,21)(H,19,20)/t11?,12?,13-,16+/m0/s1. The molecular formula is C16H26N2O3. The number of carbonyl (C=O) groups is 2. The Kier molecular flexibility index (Phi) is 3.84. The van der Waals surface area contributed by atoms with Gasteiger partial charge in [0, 0.05) is 19.6 Å². The van der Waals surface area contributed by atoms with Crippen molar-refractivity contribution in [3.63, 3.8) is 0 Å². The topological polar surface area (TPSA) is 69.6 Å². The fourth-order valence-electron chi connectivity index (χ4n) is 4.65. The predicted octanol–water partition coefficient (Wildman–Crippen LogP) is 2.32. The van der Waals surface area contributed by atoms with E-state index in [9.17, 15) is 14.7 Å². The number of nitrogens with one attached hydrogen (secondary N) is 1. The third kappa shape index (κ3) is 2.62. The minimum atomic E-state index is -0.718. The number of carbonyl (C=O) groups excluding carboxylic acids is 1. The fourth-order valence-corrected chi connectivity index (χ4v) is 4.65. The minimum absolute atomic E-state index is 0.0652. The van der Waals surface area contributed by atoms with E-state index < -0.39 is 11.4 Å². The summed E-state index contributed by atoms with van der Waals surface area (Å²) in [6.07, 6.45) is 6.29. The molecule has 3 aliphatic rings. The van der Waals surface area contributed by atoms with E-state index in [4.69, 9.17) is 0 Å². The van der Waals surface area contributed by atoms with Crippen LogP contribution in [0.2, 0.25) is 0 Å². The number of carboxylic acid groups (broad SMARTS) is 1. The Labute approximate surface area is 126 Å². The van der Waals surface area contributed by atoms with Crippen molar-refractivity contribution < 1.29 is 14.7 Å². The van der Waals surface area contributed by atoms with Crippen LogP contribution in [0.3, 0.4) is 0 Å². The summed E-state index contributed by atoms with van der Waals surface area (Å²) in [6.45, 7) is 4.00. The molecule has 0 bridgehead atoms. The Balaban J connectivity index is 1.54. The summed E-state index contributed by atoms with van der Waals surface area (Å²) >= 11 is 0. The number of urea groups is 1. The molecule has 0 aromatic heterocycles. The first kappa shape index (κ1) is 14.7. The van der Waals surface area contributed by atoms with Crippen LogP contribution in [-0.2, 0) is 4.79 Å². The van der Waals surface area contributed by atoms with Gasteiger partial charge in [0.1, 0.15) is 0 Å². The van der Waals surface area contributed by atoms with Gasteiger partial charge in [0.25, 0.3) is 0 Å². The first-order chi connectivity index (χ1) is 10.0. The summed E-state index contributed by atoms with van der Waals surface area (Å²) in [5, 5.41) is 12.6. The smallest absolute Gasteiger partial charge is 0.317 e. The van der Waals surface area contributed by atoms with Crippen molar-refractivity contribution in [3.8, 4) is 0 Å². The Morgan fingerprint density at radius 2 is 2.14 bits per heavy atom. The largest absolute Gasteiger partial charge is 0.481 e. The predicted molar refractivity (Wildman–Crippen MR) is 78.9 cm³/mol. The molecule has 2 aliphatic carbocycles. The zero-order valence-electron chi connectivity index (χ0n) is 12.8. The number of nitrogens with zero attached hydrogens (tertiary/aromatic N) is 1. The van der Waals surface area contributed by atoms with E-state index >= 15 is 0 Å². The second kappa shape index (κ2) is 5.50. The van der Waals surface area contributed by atoms with E-state index in [1.54, 1.807) is 4.90 Å². The Bertz CT molecular complexity index is 439. The van der Waals surface area contributed by atoms with Gasteiger partial charge in [-0.05, 0) is 43.4 Å². The molecule has 1 heterocycles. The van der Waals surface area contributed by atoms with Crippen molar-refractivity contribution in [1.82, 2.24) is 10.2 Å². The van der Waals surface area contributed by atoms with E-state index in [0.717, 1.165) is 31.7 Å². The summed E-state index contributed by atoms with van der Waals surface area (Å²) in [7, 11) is 0. The molecule has 2 amide bonds. The highest BCUT2D eigenvalue weighted by molar-refractivity contribution is 5.80. The van der Waals surface area contributed by atoms with Gasteiger partial charge < -0.3 is 15.3 Å². The molecule has 0 spiro atoms. The number of fused-ring (bicyclic) bond motifs is 1. The number of hydrogen-bond acceptors (Lipinski definition) is 2. The number of aliphatic carboxylic acids is 1. The normalized spacial score (nSPS) is 38.5. The third-order valence-electron chi connectivity index (χ3n) is 5.93. The molecule has 21 heavy (non-hydrogen) atoms. The van der Waals surface area contributed by atoms with Crippen LogP contribution in [0.4, 0.5) is 4.79 Å². The third-order valence-corrected chi connectivity index (χ3v) is 5.93. The highest BCUT2D eigenvalue weighted by Gasteiger charge is 2.55. The van der Waals surface area contributed by atoms with Gasteiger partial charge >= 0.3 is 12.0 Å². The molecule has 0 radical (unpaired) electrons. The fraction of sp³-hybridized carbons (Fsp3) is 0.875. The van der Waals surface area contributed by atoms with Crippen LogP contribution in [0.25, 0.3) is 0 Å². The van der Waals surface area contributed by atoms with Crippen LogP contribution in [0.1, 0.15) is 45.4 Å². The molecule has 0 aromatic rings. The number of likely N-dealkylation sites (tertiary alicyclic amines) is 1.